The molecule has 1 aromatic carbocycles. The second kappa shape index (κ2) is 5.54. The average molecular weight is 343 g/mol. The number of nitrogen functional groups attached to an aromatic ring is 1. The number of nitrogens with zero attached hydrogens (tertiary/aromatic N) is 1. The van der Waals surface area contributed by atoms with Crippen molar-refractivity contribution in [3.8, 4) is 11.3 Å². The van der Waals surface area contributed by atoms with E-state index in [0.29, 0.717) is 0 Å². The lowest BCUT2D eigenvalue weighted by Crippen LogP contribution is -2.09. The summed E-state index contributed by atoms with van der Waals surface area (Å²) in [6, 6.07) is 4.81. The summed E-state index contributed by atoms with van der Waals surface area (Å²) < 4.78 is 31.6. The number of anilines is 1. The number of carbonyl (C=O) groups is 1. The van der Waals surface area contributed by atoms with Crippen molar-refractivity contribution < 1.29 is 18.3 Å². The van der Waals surface area contributed by atoms with Crippen molar-refractivity contribution in [3.63, 3.8) is 0 Å². The van der Waals surface area contributed by atoms with Gasteiger partial charge in [0.15, 0.2) is 5.69 Å². The summed E-state index contributed by atoms with van der Waals surface area (Å²) in [5.41, 5.74) is 5.80. The third kappa shape index (κ3) is 2.62. The first kappa shape index (κ1) is 14.4. The Morgan fingerprint density at radius 1 is 1.30 bits per heavy atom. The maximum absolute atomic E-state index is 13.8. The summed E-state index contributed by atoms with van der Waals surface area (Å²) in [6.45, 7) is 0. The SMILES string of the molecule is COC(=O)c1nc(-c2cc(Br)c(F)cc2F)ccc1N. The highest BCUT2D eigenvalue weighted by atomic mass is 79.9. The summed E-state index contributed by atoms with van der Waals surface area (Å²) in [4.78, 5) is 15.5. The minimum atomic E-state index is -0.793. The lowest BCUT2D eigenvalue weighted by Gasteiger charge is -2.08. The van der Waals surface area contributed by atoms with E-state index < -0.39 is 17.6 Å². The Balaban J connectivity index is 2.59. The molecule has 0 spiro atoms. The molecule has 0 saturated carbocycles. The molecule has 0 saturated heterocycles. The summed E-state index contributed by atoms with van der Waals surface area (Å²) in [5.74, 6) is -2.25. The van der Waals surface area contributed by atoms with Crippen LogP contribution in [0.1, 0.15) is 10.5 Å². The van der Waals surface area contributed by atoms with Crippen LogP contribution in [0.4, 0.5) is 14.5 Å². The number of pyridine rings is 1. The van der Waals surface area contributed by atoms with E-state index in [1.807, 2.05) is 0 Å². The van der Waals surface area contributed by atoms with Gasteiger partial charge in [-0.15, -0.1) is 0 Å². The normalized spacial score (nSPS) is 10.4. The zero-order valence-corrected chi connectivity index (χ0v) is 11.9. The molecule has 2 aromatic rings. The van der Waals surface area contributed by atoms with Gasteiger partial charge in [0, 0.05) is 11.6 Å². The lowest BCUT2D eigenvalue weighted by molar-refractivity contribution is 0.0595. The van der Waals surface area contributed by atoms with Crippen LogP contribution in [0.2, 0.25) is 0 Å². The Morgan fingerprint density at radius 3 is 2.65 bits per heavy atom. The van der Waals surface area contributed by atoms with Crippen molar-refractivity contribution in [3.05, 3.63) is 46.1 Å². The summed E-state index contributed by atoms with van der Waals surface area (Å²) in [5, 5.41) is 0. The maximum Gasteiger partial charge on any atom is 0.358 e. The van der Waals surface area contributed by atoms with E-state index in [2.05, 4.69) is 25.7 Å². The predicted molar refractivity (Wildman–Crippen MR) is 73.0 cm³/mol. The van der Waals surface area contributed by atoms with Gasteiger partial charge in [-0.05, 0) is 34.1 Å². The molecule has 0 amide bonds. The number of nitrogens with two attached hydrogens (primary N) is 1. The molecular weight excluding hydrogens is 334 g/mol. The van der Waals surface area contributed by atoms with Crippen LogP contribution in [0, 0.1) is 11.6 Å². The molecule has 0 fully saturated rings. The Bertz CT molecular complexity index is 692. The Kier molecular flexibility index (Phi) is 3.99. The fraction of sp³-hybridized carbons (Fsp3) is 0.0769. The molecule has 0 radical (unpaired) electrons. The van der Waals surface area contributed by atoms with E-state index in [-0.39, 0.29) is 27.1 Å². The van der Waals surface area contributed by atoms with E-state index in [4.69, 9.17) is 5.73 Å². The van der Waals surface area contributed by atoms with Gasteiger partial charge in [-0.25, -0.2) is 18.6 Å². The second-order valence-electron chi connectivity index (χ2n) is 3.87. The van der Waals surface area contributed by atoms with Crippen LogP contribution in [0.25, 0.3) is 11.3 Å². The molecule has 0 atom stereocenters. The zero-order valence-electron chi connectivity index (χ0n) is 10.3. The molecule has 0 bridgehead atoms. The van der Waals surface area contributed by atoms with Crippen LogP contribution in [0.5, 0.6) is 0 Å². The fourth-order valence-electron chi connectivity index (χ4n) is 1.60. The standard InChI is InChI=1S/C13H9BrF2N2O2/c1-20-13(19)12-10(17)2-3-11(18-12)6-4-7(14)9(16)5-8(6)15/h2-5H,17H2,1H3. The molecule has 0 aliphatic heterocycles. The smallest absolute Gasteiger partial charge is 0.358 e. The number of hydrogen-bond donors (Lipinski definition) is 1. The lowest BCUT2D eigenvalue weighted by atomic mass is 10.1. The maximum atomic E-state index is 13.8. The average Bonchev–Trinajstić information content (AvgIpc) is 2.43. The van der Waals surface area contributed by atoms with Crippen LogP contribution >= 0.6 is 15.9 Å². The second-order valence-corrected chi connectivity index (χ2v) is 4.73. The molecule has 2 N–H and O–H groups in total. The first-order valence-electron chi connectivity index (χ1n) is 5.43. The third-order valence-corrected chi connectivity index (χ3v) is 3.20. The molecule has 104 valence electrons. The molecular formula is C13H9BrF2N2O2. The number of benzene rings is 1. The summed E-state index contributed by atoms with van der Waals surface area (Å²) in [6.07, 6.45) is 0. The highest BCUT2D eigenvalue weighted by molar-refractivity contribution is 9.10. The minimum Gasteiger partial charge on any atom is -0.464 e. The Morgan fingerprint density at radius 2 is 2.00 bits per heavy atom. The Hall–Kier alpha value is -2.02. The molecule has 0 aliphatic carbocycles. The molecule has 1 aromatic heterocycles. The number of rotatable bonds is 2. The van der Waals surface area contributed by atoms with Gasteiger partial charge in [0.2, 0.25) is 0 Å². The molecule has 4 nitrogen and oxygen atoms in total. The molecule has 1 heterocycles. The number of halogens is 3. The van der Waals surface area contributed by atoms with Crippen LogP contribution in [-0.4, -0.2) is 18.1 Å². The summed E-state index contributed by atoms with van der Waals surface area (Å²) in [7, 11) is 1.19. The molecule has 7 heteroatoms. The van der Waals surface area contributed by atoms with Gasteiger partial charge in [-0.1, -0.05) is 0 Å². The third-order valence-electron chi connectivity index (χ3n) is 2.59. The van der Waals surface area contributed by atoms with E-state index in [9.17, 15) is 13.6 Å². The van der Waals surface area contributed by atoms with Crippen molar-refractivity contribution in [2.24, 2.45) is 0 Å². The summed E-state index contributed by atoms with van der Waals surface area (Å²) >= 11 is 2.97. The minimum absolute atomic E-state index is 0.0448. The van der Waals surface area contributed by atoms with Gasteiger partial charge in [0.1, 0.15) is 11.6 Å². The number of aromatic nitrogens is 1. The highest BCUT2D eigenvalue weighted by Gasteiger charge is 2.16. The van der Waals surface area contributed by atoms with Crippen molar-refractivity contribution in [2.75, 3.05) is 12.8 Å². The van der Waals surface area contributed by atoms with E-state index >= 15 is 0 Å². The van der Waals surface area contributed by atoms with Crippen molar-refractivity contribution in [2.45, 2.75) is 0 Å². The fourth-order valence-corrected chi connectivity index (χ4v) is 1.94. The van der Waals surface area contributed by atoms with Gasteiger partial charge in [-0.3, -0.25) is 0 Å². The van der Waals surface area contributed by atoms with E-state index in [0.717, 1.165) is 6.07 Å². The predicted octanol–water partition coefficient (Wildman–Crippen LogP) is 3.16. The first-order chi connectivity index (χ1) is 9.43. The van der Waals surface area contributed by atoms with Crippen LogP contribution in [0.3, 0.4) is 0 Å². The van der Waals surface area contributed by atoms with E-state index in [1.165, 1.54) is 25.3 Å². The van der Waals surface area contributed by atoms with Crippen molar-refractivity contribution in [1.82, 2.24) is 4.98 Å². The van der Waals surface area contributed by atoms with Gasteiger partial charge in [0.05, 0.1) is 23.0 Å². The number of methoxy groups -OCH3 is 1. The number of esters is 1. The molecule has 0 unspecified atom stereocenters. The van der Waals surface area contributed by atoms with Crippen LogP contribution in [0.15, 0.2) is 28.7 Å². The zero-order chi connectivity index (χ0) is 14.9. The topological polar surface area (TPSA) is 65.2 Å². The van der Waals surface area contributed by atoms with Gasteiger partial charge >= 0.3 is 5.97 Å². The van der Waals surface area contributed by atoms with E-state index in [1.54, 1.807) is 0 Å². The van der Waals surface area contributed by atoms with Crippen LogP contribution < -0.4 is 5.73 Å². The van der Waals surface area contributed by atoms with Crippen molar-refractivity contribution in [1.29, 1.82) is 0 Å². The number of hydrogen-bond acceptors (Lipinski definition) is 4. The van der Waals surface area contributed by atoms with Crippen molar-refractivity contribution >= 4 is 27.6 Å². The largest absolute Gasteiger partial charge is 0.464 e. The van der Waals surface area contributed by atoms with Gasteiger partial charge < -0.3 is 10.5 Å². The monoisotopic (exact) mass is 342 g/mol. The number of ether oxygens (including phenoxy) is 1. The molecule has 2 rings (SSSR count). The van der Waals surface area contributed by atoms with Gasteiger partial charge in [0.25, 0.3) is 0 Å². The quantitative estimate of drug-likeness (QED) is 0.672. The number of carbonyl (C=O) groups excluding carboxylic acids is 1. The Labute approximate surface area is 121 Å². The molecule has 20 heavy (non-hydrogen) atoms. The van der Waals surface area contributed by atoms with Crippen LogP contribution in [-0.2, 0) is 4.74 Å². The highest BCUT2D eigenvalue weighted by Crippen LogP contribution is 2.28. The molecule has 0 aliphatic rings. The van der Waals surface area contributed by atoms with Gasteiger partial charge in [-0.2, -0.15) is 0 Å². The first-order valence-corrected chi connectivity index (χ1v) is 6.23.